The molecule has 1 saturated carbocycles. The summed E-state index contributed by atoms with van der Waals surface area (Å²) in [6, 6.07) is 0. The Balaban J connectivity index is 1.91. The minimum absolute atomic E-state index is 0.0274. The molecule has 110 valence electrons. The summed E-state index contributed by atoms with van der Waals surface area (Å²) in [7, 11) is 1.56. The molecule has 1 N–H and O–H groups in total. The third kappa shape index (κ3) is 3.72. The van der Waals surface area contributed by atoms with Crippen LogP contribution in [0.25, 0.3) is 0 Å². The van der Waals surface area contributed by atoms with Gasteiger partial charge in [0.1, 0.15) is 5.69 Å². The zero-order valence-corrected chi connectivity index (χ0v) is 13.8. The van der Waals surface area contributed by atoms with Crippen molar-refractivity contribution >= 4 is 27.5 Å². The molecule has 0 aliphatic heterocycles. The van der Waals surface area contributed by atoms with Gasteiger partial charge in [0, 0.05) is 17.1 Å². The van der Waals surface area contributed by atoms with Gasteiger partial charge in [-0.25, -0.2) is 4.98 Å². The number of nitrogens with zero attached hydrogens (tertiary/aromatic N) is 1. The SMILES string of the molecule is COc1ncc(Br)c(C)c1NC(=O)CCCC1CC1C. The van der Waals surface area contributed by atoms with Crippen LogP contribution in [0.4, 0.5) is 5.69 Å². The zero-order valence-electron chi connectivity index (χ0n) is 12.2. The Bertz CT molecular complexity index is 505. The van der Waals surface area contributed by atoms with Crippen LogP contribution in [-0.4, -0.2) is 18.0 Å². The van der Waals surface area contributed by atoms with E-state index in [1.807, 2.05) is 6.92 Å². The van der Waals surface area contributed by atoms with Gasteiger partial charge in [-0.15, -0.1) is 0 Å². The highest BCUT2D eigenvalue weighted by Crippen LogP contribution is 2.41. The number of aromatic nitrogens is 1. The number of rotatable bonds is 6. The predicted octanol–water partition coefficient (Wildman–Crippen LogP) is 3.93. The summed E-state index contributed by atoms with van der Waals surface area (Å²) in [5, 5.41) is 2.92. The minimum atomic E-state index is 0.0274. The van der Waals surface area contributed by atoms with Crippen molar-refractivity contribution in [2.24, 2.45) is 11.8 Å². The van der Waals surface area contributed by atoms with Gasteiger partial charge < -0.3 is 10.1 Å². The molecule has 4 nitrogen and oxygen atoms in total. The first-order valence-electron chi connectivity index (χ1n) is 7.01. The lowest BCUT2D eigenvalue weighted by Crippen LogP contribution is -2.14. The van der Waals surface area contributed by atoms with Gasteiger partial charge in [-0.05, 0) is 59.5 Å². The van der Waals surface area contributed by atoms with Crippen LogP contribution < -0.4 is 10.1 Å². The Kier molecular flexibility index (Phi) is 5.02. The van der Waals surface area contributed by atoms with Crippen LogP contribution in [-0.2, 0) is 4.79 Å². The molecule has 1 aliphatic carbocycles. The lowest BCUT2D eigenvalue weighted by Gasteiger charge is -2.13. The summed E-state index contributed by atoms with van der Waals surface area (Å²) < 4.78 is 6.06. The molecule has 2 atom stereocenters. The fraction of sp³-hybridized carbons (Fsp3) is 0.600. The van der Waals surface area contributed by atoms with Crippen molar-refractivity contribution in [3.05, 3.63) is 16.2 Å². The van der Waals surface area contributed by atoms with Crippen molar-refractivity contribution in [1.29, 1.82) is 0 Å². The van der Waals surface area contributed by atoms with Gasteiger partial charge in [0.2, 0.25) is 11.8 Å². The average Bonchev–Trinajstić information content (AvgIpc) is 3.11. The highest BCUT2D eigenvalue weighted by atomic mass is 79.9. The van der Waals surface area contributed by atoms with Gasteiger partial charge in [0.15, 0.2) is 0 Å². The standard InChI is InChI=1S/C15H21BrN2O2/c1-9-7-11(9)5-4-6-13(19)18-14-10(2)12(16)8-17-15(14)20-3/h8-9,11H,4-7H2,1-3H3,(H,18,19). The van der Waals surface area contributed by atoms with Crippen LogP contribution in [0.15, 0.2) is 10.7 Å². The number of hydrogen-bond acceptors (Lipinski definition) is 3. The van der Waals surface area contributed by atoms with E-state index in [0.717, 1.165) is 34.7 Å². The van der Waals surface area contributed by atoms with Crippen molar-refractivity contribution in [2.75, 3.05) is 12.4 Å². The van der Waals surface area contributed by atoms with Crippen molar-refractivity contribution in [3.8, 4) is 5.88 Å². The smallest absolute Gasteiger partial charge is 0.237 e. The maximum Gasteiger partial charge on any atom is 0.237 e. The van der Waals surface area contributed by atoms with E-state index in [1.165, 1.54) is 6.42 Å². The fourth-order valence-corrected chi connectivity index (χ4v) is 2.69. The first kappa shape index (κ1) is 15.3. The summed E-state index contributed by atoms with van der Waals surface area (Å²) in [6.45, 7) is 4.20. The van der Waals surface area contributed by atoms with Gasteiger partial charge in [-0.1, -0.05) is 6.92 Å². The molecule has 1 aromatic rings. The number of halogens is 1. The van der Waals surface area contributed by atoms with E-state index in [2.05, 4.69) is 33.2 Å². The maximum absolute atomic E-state index is 12.0. The molecule has 0 bridgehead atoms. The highest BCUT2D eigenvalue weighted by Gasteiger charge is 2.31. The third-order valence-electron chi connectivity index (χ3n) is 3.95. The molecule has 0 radical (unpaired) electrons. The monoisotopic (exact) mass is 340 g/mol. The second kappa shape index (κ2) is 6.57. The number of amides is 1. The number of pyridine rings is 1. The Morgan fingerprint density at radius 3 is 2.90 bits per heavy atom. The van der Waals surface area contributed by atoms with Gasteiger partial charge in [-0.3, -0.25) is 4.79 Å². The molecule has 2 unspecified atom stereocenters. The van der Waals surface area contributed by atoms with E-state index in [-0.39, 0.29) is 5.91 Å². The number of methoxy groups -OCH3 is 1. The lowest BCUT2D eigenvalue weighted by atomic mass is 10.1. The van der Waals surface area contributed by atoms with Gasteiger partial charge in [-0.2, -0.15) is 0 Å². The molecule has 20 heavy (non-hydrogen) atoms. The van der Waals surface area contributed by atoms with Crippen molar-refractivity contribution in [2.45, 2.75) is 39.5 Å². The molecular formula is C15H21BrN2O2. The number of ether oxygens (including phenoxy) is 1. The Morgan fingerprint density at radius 1 is 1.60 bits per heavy atom. The fourth-order valence-electron chi connectivity index (χ4n) is 2.39. The topological polar surface area (TPSA) is 51.2 Å². The molecular weight excluding hydrogens is 320 g/mol. The normalized spacial score (nSPS) is 20.6. The first-order valence-corrected chi connectivity index (χ1v) is 7.81. The molecule has 5 heteroatoms. The summed E-state index contributed by atoms with van der Waals surface area (Å²) in [4.78, 5) is 16.2. The molecule has 1 heterocycles. The van der Waals surface area contributed by atoms with E-state index in [4.69, 9.17) is 4.74 Å². The Labute approximate surface area is 128 Å². The second-order valence-corrected chi connectivity index (χ2v) is 6.38. The summed E-state index contributed by atoms with van der Waals surface area (Å²) >= 11 is 3.42. The lowest BCUT2D eigenvalue weighted by molar-refractivity contribution is -0.116. The number of nitrogens with one attached hydrogen (secondary N) is 1. The van der Waals surface area contributed by atoms with E-state index < -0.39 is 0 Å². The van der Waals surface area contributed by atoms with E-state index in [1.54, 1.807) is 13.3 Å². The Morgan fingerprint density at radius 2 is 2.30 bits per heavy atom. The number of anilines is 1. The van der Waals surface area contributed by atoms with Gasteiger partial charge in [0.25, 0.3) is 0 Å². The summed E-state index contributed by atoms with van der Waals surface area (Å²) in [6.07, 6.45) is 5.66. The van der Waals surface area contributed by atoms with Crippen molar-refractivity contribution in [1.82, 2.24) is 4.98 Å². The van der Waals surface area contributed by atoms with Crippen molar-refractivity contribution < 1.29 is 9.53 Å². The molecule has 1 fully saturated rings. The van der Waals surface area contributed by atoms with Crippen LogP contribution >= 0.6 is 15.9 Å². The summed E-state index contributed by atoms with van der Waals surface area (Å²) in [5.74, 6) is 2.18. The number of hydrogen-bond donors (Lipinski definition) is 1. The summed E-state index contributed by atoms with van der Waals surface area (Å²) in [5.41, 5.74) is 1.59. The number of carbonyl (C=O) groups is 1. The van der Waals surface area contributed by atoms with E-state index in [0.29, 0.717) is 18.0 Å². The van der Waals surface area contributed by atoms with Crippen LogP contribution in [0.1, 0.15) is 38.2 Å². The quantitative estimate of drug-likeness (QED) is 0.853. The maximum atomic E-state index is 12.0. The predicted molar refractivity (Wildman–Crippen MR) is 83.0 cm³/mol. The van der Waals surface area contributed by atoms with E-state index >= 15 is 0 Å². The Hall–Kier alpha value is -1.10. The van der Waals surface area contributed by atoms with Crippen molar-refractivity contribution in [3.63, 3.8) is 0 Å². The molecule has 1 aliphatic rings. The van der Waals surface area contributed by atoms with Gasteiger partial charge in [0.05, 0.1) is 7.11 Å². The van der Waals surface area contributed by atoms with Crippen LogP contribution in [0.2, 0.25) is 0 Å². The second-order valence-electron chi connectivity index (χ2n) is 5.53. The molecule has 0 spiro atoms. The molecule has 1 amide bonds. The third-order valence-corrected chi connectivity index (χ3v) is 4.75. The van der Waals surface area contributed by atoms with Crippen LogP contribution in [0.5, 0.6) is 5.88 Å². The van der Waals surface area contributed by atoms with E-state index in [9.17, 15) is 4.79 Å². The first-order chi connectivity index (χ1) is 9.52. The largest absolute Gasteiger partial charge is 0.480 e. The zero-order chi connectivity index (χ0) is 14.7. The molecule has 0 saturated heterocycles. The van der Waals surface area contributed by atoms with Crippen LogP contribution in [0.3, 0.4) is 0 Å². The highest BCUT2D eigenvalue weighted by molar-refractivity contribution is 9.10. The minimum Gasteiger partial charge on any atom is -0.480 e. The molecule has 1 aromatic heterocycles. The average molecular weight is 341 g/mol. The molecule has 2 rings (SSSR count). The molecule has 0 aromatic carbocycles. The van der Waals surface area contributed by atoms with Gasteiger partial charge >= 0.3 is 0 Å². The number of carbonyl (C=O) groups excluding carboxylic acids is 1. The van der Waals surface area contributed by atoms with Crippen LogP contribution in [0, 0.1) is 18.8 Å².